The number of nitrogens with two attached hydrogens (primary N) is 1. The lowest BCUT2D eigenvalue weighted by molar-refractivity contribution is 0.142. The van der Waals surface area contributed by atoms with E-state index in [1.165, 1.54) is 4.31 Å². The normalized spacial score (nSPS) is 15.1. The van der Waals surface area contributed by atoms with Crippen molar-refractivity contribution in [3.63, 3.8) is 0 Å². The van der Waals surface area contributed by atoms with Gasteiger partial charge >= 0.3 is 0 Å². The molecule has 0 aliphatic rings. The summed E-state index contributed by atoms with van der Waals surface area (Å²) in [4.78, 5) is 0.286. The van der Waals surface area contributed by atoms with E-state index < -0.39 is 10.0 Å². The summed E-state index contributed by atoms with van der Waals surface area (Å²) in [6.07, 6.45) is 0.765. The molecule has 0 spiro atoms. The Balaban J connectivity index is 3.17. The van der Waals surface area contributed by atoms with E-state index in [9.17, 15) is 8.42 Å². The molecule has 0 saturated carbocycles. The van der Waals surface area contributed by atoms with Crippen molar-refractivity contribution in [1.82, 2.24) is 4.31 Å². The topological polar surface area (TPSA) is 72.6 Å². The Morgan fingerprint density at radius 2 is 2.00 bits per heavy atom. The fourth-order valence-corrected chi connectivity index (χ4v) is 4.00. The second-order valence-electron chi connectivity index (χ2n) is 5.10. The fourth-order valence-electron chi connectivity index (χ4n) is 2.32. The van der Waals surface area contributed by atoms with E-state index in [1.54, 1.807) is 25.3 Å². The summed E-state index contributed by atoms with van der Waals surface area (Å²) >= 11 is 0. The molecule has 0 aliphatic carbocycles. The summed E-state index contributed by atoms with van der Waals surface area (Å²) in [5.41, 5.74) is 6.84. The van der Waals surface area contributed by atoms with Crippen LogP contribution < -0.4 is 5.73 Å². The average Bonchev–Trinajstić information content (AvgIpc) is 2.47. The Labute approximate surface area is 128 Å². The number of nitrogens with zero attached hydrogens (tertiary/aromatic N) is 1. The number of rotatable bonds is 8. The van der Waals surface area contributed by atoms with Gasteiger partial charge in [0.15, 0.2) is 0 Å². The van der Waals surface area contributed by atoms with Gasteiger partial charge in [-0.2, -0.15) is 4.31 Å². The summed E-state index contributed by atoms with van der Waals surface area (Å²) in [6, 6.07) is 6.53. The van der Waals surface area contributed by atoms with Gasteiger partial charge in [-0.05, 0) is 31.0 Å². The van der Waals surface area contributed by atoms with Crippen LogP contribution in [0.2, 0.25) is 0 Å². The molecule has 120 valence electrons. The molecule has 0 heterocycles. The van der Waals surface area contributed by atoms with Crippen molar-refractivity contribution in [2.45, 2.75) is 44.2 Å². The monoisotopic (exact) mass is 314 g/mol. The van der Waals surface area contributed by atoms with Gasteiger partial charge in [-0.25, -0.2) is 8.42 Å². The number of hydrogen-bond donors (Lipinski definition) is 1. The summed E-state index contributed by atoms with van der Waals surface area (Å²) in [5, 5.41) is 0. The highest BCUT2D eigenvalue weighted by atomic mass is 32.2. The smallest absolute Gasteiger partial charge is 0.243 e. The van der Waals surface area contributed by atoms with Crippen LogP contribution in [-0.2, 0) is 14.8 Å². The van der Waals surface area contributed by atoms with E-state index in [-0.39, 0.29) is 17.0 Å². The van der Waals surface area contributed by atoms with Crippen molar-refractivity contribution < 1.29 is 13.2 Å². The van der Waals surface area contributed by atoms with E-state index in [1.807, 2.05) is 26.8 Å². The fraction of sp³-hybridized carbons (Fsp3) is 0.600. The van der Waals surface area contributed by atoms with Crippen LogP contribution in [0.3, 0.4) is 0 Å². The molecule has 0 bridgehead atoms. The Hall–Kier alpha value is -0.950. The van der Waals surface area contributed by atoms with Crippen molar-refractivity contribution >= 4 is 10.0 Å². The van der Waals surface area contributed by atoms with Gasteiger partial charge in [-0.1, -0.05) is 26.0 Å². The summed E-state index contributed by atoms with van der Waals surface area (Å²) < 4.78 is 32.1. The lowest BCUT2D eigenvalue weighted by Gasteiger charge is -2.27. The number of ether oxygens (including phenoxy) is 1. The van der Waals surface area contributed by atoms with Gasteiger partial charge in [0, 0.05) is 25.7 Å². The van der Waals surface area contributed by atoms with Crippen LogP contribution in [-0.4, -0.2) is 39.0 Å². The molecular formula is C15H26N2O3S. The molecule has 0 aliphatic heterocycles. The first kappa shape index (κ1) is 18.1. The molecule has 0 aromatic heterocycles. The van der Waals surface area contributed by atoms with Crippen molar-refractivity contribution in [3.05, 3.63) is 29.8 Å². The molecule has 0 radical (unpaired) electrons. The van der Waals surface area contributed by atoms with E-state index in [4.69, 9.17) is 10.5 Å². The molecule has 0 saturated heterocycles. The van der Waals surface area contributed by atoms with Crippen molar-refractivity contribution in [2.24, 2.45) is 5.73 Å². The van der Waals surface area contributed by atoms with Crippen molar-refractivity contribution in [2.75, 3.05) is 20.3 Å². The lowest BCUT2D eigenvalue weighted by atomic mass is 10.1. The SMILES string of the molecule is CCC(N)c1cccc(S(=O)(=O)N(CC)C(C)COC)c1. The standard InChI is InChI=1S/C15H26N2O3S/c1-5-15(16)13-8-7-9-14(10-13)21(18,19)17(6-2)12(3)11-20-4/h7-10,12,15H,5-6,11,16H2,1-4H3. The molecule has 1 rings (SSSR count). The largest absolute Gasteiger partial charge is 0.383 e. The van der Waals surface area contributed by atoms with Crippen LogP contribution in [0.5, 0.6) is 0 Å². The first-order chi connectivity index (χ1) is 9.88. The highest BCUT2D eigenvalue weighted by Gasteiger charge is 2.28. The molecule has 1 aromatic carbocycles. The third-order valence-electron chi connectivity index (χ3n) is 3.54. The van der Waals surface area contributed by atoms with Gasteiger partial charge in [0.05, 0.1) is 11.5 Å². The number of hydrogen-bond acceptors (Lipinski definition) is 4. The number of methoxy groups -OCH3 is 1. The first-order valence-corrected chi connectivity index (χ1v) is 8.68. The predicted molar refractivity (Wildman–Crippen MR) is 84.6 cm³/mol. The zero-order chi connectivity index (χ0) is 16.0. The van der Waals surface area contributed by atoms with Gasteiger partial charge in [0.2, 0.25) is 10.0 Å². The molecule has 6 heteroatoms. The minimum absolute atomic E-state index is 0.147. The highest BCUT2D eigenvalue weighted by Crippen LogP contribution is 2.22. The van der Waals surface area contributed by atoms with Gasteiger partial charge in [-0.3, -0.25) is 0 Å². The minimum atomic E-state index is -3.54. The third kappa shape index (κ3) is 4.26. The molecule has 2 unspecified atom stereocenters. The van der Waals surface area contributed by atoms with Crippen LogP contribution in [0.4, 0.5) is 0 Å². The molecule has 2 atom stereocenters. The molecule has 5 nitrogen and oxygen atoms in total. The van der Waals surface area contributed by atoms with E-state index >= 15 is 0 Å². The van der Waals surface area contributed by atoms with Crippen LogP contribution >= 0.6 is 0 Å². The maximum Gasteiger partial charge on any atom is 0.243 e. The third-order valence-corrected chi connectivity index (χ3v) is 5.63. The van der Waals surface area contributed by atoms with E-state index in [0.717, 1.165) is 12.0 Å². The van der Waals surface area contributed by atoms with Crippen LogP contribution in [0.15, 0.2) is 29.2 Å². The minimum Gasteiger partial charge on any atom is -0.383 e. The predicted octanol–water partition coefficient (Wildman–Crippen LogP) is 2.14. The Bertz CT molecular complexity index is 546. The molecule has 1 aromatic rings. The molecule has 0 fully saturated rings. The maximum atomic E-state index is 12.8. The Kier molecular flexibility index (Phi) is 6.80. The first-order valence-electron chi connectivity index (χ1n) is 7.24. The van der Waals surface area contributed by atoms with Crippen LogP contribution in [0.1, 0.15) is 38.8 Å². The van der Waals surface area contributed by atoms with Gasteiger partial charge in [-0.15, -0.1) is 0 Å². The van der Waals surface area contributed by atoms with E-state index in [2.05, 4.69) is 0 Å². The van der Waals surface area contributed by atoms with Crippen LogP contribution in [0, 0.1) is 0 Å². The maximum absolute atomic E-state index is 12.8. The zero-order valence-electron chi connectivity index (χ0n) is 13.2. The Morgan fingerprint density at radius 1 is 1.33 bits per heavy atom. The number of sulfonamides is 1. The average molecular weight is 314 g/mol. The van der Waals surface area contributed by atoms with Crippen LogP contribution in [0.25, 0.3) is 0 Å². The van der Waals surface area contributed by atoms with Gasteiger partial charge < -0.3 is 10.5 Å². The zero-order valence-corrected chi connectivity index (χ0v) is 14.1. The van der Waals surface area contributed by atoms with Gasteiger partial charge in [0.1, 0.15) is 0 Å². The number of likely N-dealkylation sites (N-methyl/N-ethyl adjacent to an activating group) is 1. The molecular weight excluding hydrogens is 288 g/mol. The highest BCUT2D eigenvalue weighted by molar-refractivity contribution is 7.89. The van der Waals surface area contributed by atoms with Crippen molar-refractivity contribution in [3.8, 4) is 0 Å². The number of benzene rings is 1. The molecule has 0 amide bonds. The lowest BCUT2D eigenvalue weighted by Crippen LogP contribution is -2.40. The van der Waals surface area contributed by atoms with Crippen molar-refractivity contribution in [1.29, 1.82) is 0 Å². The quantitative estimate of drug-likeness (QED) is 0.798. The summed E-state index contributed by atoms with van der Waals surface area (Å²) in [7, 11) is -1.97. The molecule has 2 N–H and O–H groups in total. The van der Waals surface area contributed by atoms with E-state index in [0.29, 0.717) is 13.2 Å². The second kappa shape index (κ2) is 7.89. The Morgan fingerprint density at radius 3 is 2.52 bits per heavy atom. The molecule has 21 heavy (non-hydrogen) atoms. The summed E-state index contributed by atoms with van der Waals surface area (Å²) in [5.74, 6) is 0. The van der Waals surface area contributed by atoms with Gasteiger partial charge in [0.25, 0.3) is 0 Å². The second-order valence-corrected chi connectivity index (χ2v) is 6.99. The summed E-state index contributed by atoms with van der Waals surface area (Å²) in [6.45, 7) is 6.40.